The average molecular weight is 1900 g/mol. The Hall–Kier alpha value is -13.7. The van der Waals surface area contributed by atoms with Crippen molar-refractivity contribution in [1.29, 1.82) is 0 Å². The number of H-pyrrole nitrogens is 1. The van der Waals surface area contributed by atoms with E-state index in [-0.39, 0.29) is 64.1 Å². The van der Waals surface area contributed by atoms with Crippen molar-refractivity contribution in [2.24, 2.45) is 34.4 Å². The third-order valence-electron chi connectivity index (χ3n) is 21.2. The number of aromatic nitrogens is 1. The number of fused-ring (bicyclic) bond motifs is 2. The summed E-state index contributed by atoms with van der Waals surface area (Å²) in [5.41, 5.74) is 33.5. The standard InChI is InChI=1S/C90H123N21O21S2/c1-47(112)72(108-77(121)60(32-34-68(92)115)101-85(129)73(89(6,7)133)110-82(126)63(99-49(3)114)40-50-19-11-10-12-20-50)84(128)105-66(43-55-46-98-58-24-16-15-23-57(55)58)80(124)100-61(33-35-69(93)116)78(122)109-74(90(8,9)134)86(130)106-64(41-51-27-30-56(31-28-51)132-38-36-91)79(123)103-65(42-52-26-29-53-21-13-14-22-54(53)39-52)83(127)111-88(4,5)87(131)107-59(25-17-18-37-97-48(2)113)76(120)104-67(45-71(95)118)81(125)102-62(75(96)119)44-70(94)117/h10-16,19-24,26-31,39,46-47,59-67,72-74,98,112,133-134H,17-18,25,32-38,40-45,91H2,1-9H3,(H2,92,115)(H2,93,116)(H2,94,117)(H2,95,118)(H2,96,119)(H,97,113)(H,99,114)(H,100,124)(H,101,129)(H,102,125)(H,103,123)(H,104,120)(H,105,128)(H,106,130)(H,107,131)(H,108,121)(H,109,122)(H,110,126)(H,111,127)/t47-,59+,60+,61+,62+,63+,64+,65+,66+,67+,72+,73-,74-/m1/s1. The summed E-state index contributed by atoms with van der Waals surface area (Å²) in [6, 6.07) is 13.5. The Balaban J connectivity index is 1.34. The number of nitrogens with one attached hydrogen (secondary N) is 15. The topological polar surface area (TPSA) is 694 Å². The van der Waals surface area contributed by atoms with Gasteiger partial charge in [-0.15, -0.1) is 0 Å². The first kappa shape index (κ1) is 109. The van der Waals surface area contributed by atoms with E-state index >= 15 is 24.0 Å². The Bertz CT molecular complexity index is 5220. The van der Waals surface area contributed by atoms with Crippen LogP contribution >= 0.6 is 25.3 Å². The quantitative estimate of drug-likeness (QED) is 0.0130. The summed E-state index contributed by atoms with van der Waals surface area (Å²) in [7, 11) is 0. The molecule has 6 aromatic rings. The summed E-state index contributed by atoms with van der Waals surface area (Å²) in [6.07, 6.45) is -5.17. The third-order valence-corrected chi connectivity index (χ3v) is 21.7. The number of para-hydroxylation sites is 1. The third kappa shape index (κ3) is 35.7. The molecule has 0 spiro atoms. The van der Waals surface area contributed by atoms with E-state index in [9.17, 15) is 72.2 Å². The van der Waals surface area contributed by atoms with Gasteiger partial charge in [-0.2, -0.15) is 25.3 Å². The molecule has 0 aliphatic heterocycles. The summed E-state index contributed by atoms with van der Waals surface area (Å²) >= 11 is 9.34. The first-order valence-corrected chi connectivity index (χ1v) is 44.0. The fourth-order valence-electron chi connectivity index (χ4n) is 14.1. The summed E-state index contributed by atoms with van der Waals surface area (Å²) in [4.78, 5) is 266. The molecule has 134 heavy (non-hydrogen) atoms. The molecular weight excluding hydrogens is 1780 g/mol. The second-order valence-corrected chi connectivity index (χ2v) is 36.4. The highest BCUT2D eigenvalue weighted by Crippen LogP contribution is 2.25. The van der Waals surface area contributed by atoms with Crippen LogP contribution in [0.2, 0.25) is 0 Å². The van der Waals surface area contributed by atoms with Gasteiger partial charge in [0.25, 0.3) is 0 Å². The number of hydrogen-bond donors (Lipinski definition) is 24. The number of thiol groups is 2. The maximum Gasteiger partial charge on any atom is 0.245 e. The molecule has 0 radical (unpaired) electrons. The zero-order valence-electron chi connectivity index (χ0n) is 75.9. The Kier molecular flexibility index (Phi) is 41.7. The van der Waals surface area contributed by atoms with Crippen molar-refractivity contribution in [3.8, 4) is 5.75 Å². The number of hydrogen-bond acceptors (Lipinski definition) is 24. The summed E-state index contributed by atoms with van der Waals surface area (Å²) in [6.45, 7) is 12.2. The van der Waals surface area contributed by atoms with E-state index in [1.54, 1.807) is 115 Å². The van der Waals surface area contributed by atoms with Crippen LogP contribution in [0, 0.1) is 0 Å². The van der Waals surface area contributed by atoms with Crippen molar-refractivity contribution in [2.75, 3.05) is 19.7 Å². The van der Waals surface area contributed by atoms with E-state index in [0.29, 0.717) is 44.3 Å². The molecule has 28 N–H and O–H groups in total. The summed E-state index contributed by atoms with van der Waals surface area (Å²) in [5.74, 6) is -19.0. The molecule has 726 valence electrons. The van der Waals surface area contributed by atoms with Gasteiger partial charge in [-0.05, 0) is 132 Å². The number of primary amides is 5. The Morgan fingerprint density at radius 2 is 0.851 bits per heavy atom. The van der Waals surface area contributed by atoms with Crippen molar-refractivity contribution >= 4 is 159 Å². The maximum atomic E-state index is 15.6. The van der Waals surface area contributed by atoms with E-state index in [1.165, 1.54) is 61.6 Å². The molecule has 0 saturated carbocycles. The molecule has 0 saturated heterocycles. The highest BCUT2D eigenvalue weighted by molar-refractivity contribution is 7.82. The highest BCUT2D eigenvalue weighted by atomic mass is 32.1. The van der Waals surface area contributed by atoms with Crippen LogP contribution in [0.1, 0.15) is 142 Å². The maximum absolute atomic E-state index is 15.6. The zero-order valence-corrected chi connectivity index (χ0v) is 77.7. The molecule has 0 fully saturated rings. The van der Waals surface area contributed by atoms with Gasteiger partial charge in [0.1, 0.15) is 90.4 Å². The lowest BCUT2D eigenvalue weighted by molar-refractivity contribution is -0.138. The predicted octanol–water partition coefficient (Wildman–Crippen LogP) is -3.47. The van der Waals surface area contributed by atoms with Gasteiger partial charge in [0.05, 0.1) is 18.9 Å². The largest absolute Gasteiger partial charge is 0.492 e. The molecule has 13 atom stereocenters. The number of aliphatic hydroxyl groups excluding tert-OH is 1. The fourth-order valence-corrected chi connectivity index (χ4v) is 14.4. The summed E-state index contributed by atoms with van der Waals surface area (Å²) in [5, 5.41) is 49.0. The van der Waals surface area contributed by atoms with Crippen molar-refractivity contribution in [1.82, 2.24) is 79.4 Å². The van der Waals surface area contributed by atoms with Gasteiger partial charge in [0.15, 0.2) is 0 Å². The van der Waals surface area contributed by atoms with Crippen LogP contribution in [-0.4, -0.2) is 236 Å². The molecule has 0 aliphatic carbocycles. The Labute approximate surface area is 784 Å². The minimum absolute atomic E-state index is 0.00904. The first-order valence-electron chi connectivity index (χ1n) is 43.2. The summed E-state index contributed by atoms with van der Waals surface area (Å²) < 4.78 is 2.65. The number of rotatable bonds is 55. The van der Waals surface area contributed by atoms with E-state index in [4.69, 9.17) is 51.8 Å². The smallest absolute Gasteiger partial charge is 0.245 e. The second-order valence-electron chi connectivity index (χ2n) is 34.1. The van der Waals surface area contributed by atoms with Crippen LogP contribution in [0.4, 0.5) is 0 Å². The van der Waals surface area contributed by atoms with Gasteiger partial charge in [-0.1, -0.05) is 103 Å². The lowest BCUT2D eigenvalue weighted by Crippen LogP contribution is -2.65. The van der Waals surface area contributed by atoms with Gasteiger partial charge in [0.2, 0.25) is 112 Å². The number of ether oxygens (including phenoxy) is 1. The lowest BCUT2D eigenvalue weighted by Gasteiger charge is -2.33. The van der Waals surface area contributed by atoms with Crippen LogP contribution in [0.25, 0.3) is 21.7 Å². The number of aliphatic hydroxyl groups is 1. The van der Waals surface area contributed by atoms with Crippen LogP contribution in [0.3, 0.4) is 0 Å². The van der Waals surface area contributed by atoms with Crippen LogP contribution < -0.4 is 114 Å². The molecule has 0 aliphatic rings. The predicted molar refractivity (Wildman–Crippen MR) is 500 cm³/mol. The molecule has 0 unspecified atom stereocenters. The average Bonchev–Trinajstić information content (AvgIpc) is 1.79. The number of nitrogens with two attached hydrogens (primary N) is 6. The number of benzene rings is 5. The molecule has 5 aromatic carbocycles. The van der Waals surface area contributed by atoms with E-state index in [0.717, 1.165) is 12.3 Å². The molecule has 19 amide bonds. The van der Waals surface area contributed by atoms with Crippen molar-refractivity contribution in [2.45, 2.75) is 239 Å². The zero-order chi connectivity index (χ0) is 99.6. The Morgan fingerprint density at radius 3 is 1.40 bits per heavy atom. The van der Waals surface area contributed by atoms with Gasteiger partial charge >= 0.3 is 0 Å². The van der Waals surface area contributed by atoms with Crippen molar-refractivity contribution < 1.29 is 101 Å². The van der Waals surface area contributed by atoms with Gasteiger partial charge in [-0.25, -0.2) is 0 Å². The number of carbonyl (C=O) groups is 19. The number of unbranched alkanes of at least 4 members (excludes halogenated alkanes) is 1. The fraction of sp³-hybridized carbons (Fsp3) is 0.456. The monoisotopic (exact) mass is 1900 g/mol. The molecule has 42 nitrogen and oxygen atoms in total. The molecule has 1 heterocycles. The lowest BCUT2D eigenvalue weighted by atomic mass is 9.97. The van der Waals surface area contributed by atoms with Gasteiger partial charge < -0.3 is 124 Å². The van der Waals surface area contributed by atoms with E-state index in [1.807, 2.05) is 6.07 Å². The van der Waals surface area contributed by atoms with Crippen molar-refractivity contribution in [3.05, 3.63) is 150 Å². The van der Waals surface area contributed by atoms with Crippen LogP contribution in [0.15, 0.2) is 128 Å². The van der Waals surface area contributed by atoms with Crippen LogP contribution in [-0.2, 0) is 117 Å². The van der Waals surface area contributed by atoms with Crippen LogP contribution in [0.5, 0.6) is 5.75 Å². The van der Waals surface area contributed by atoms with E-state index in [2.05, 4.69) is 92.0 Å². The highest BCUT2D eigenvalue weighted by Gasteiger charge is 2.44. The van der Waals surface area contributed by atoms with Gasteiger partial charge in [0, 0.05) is 92.1 Å². The normalized spacial score (nSPS) is 14.4. The SMILES string of the molecule is CC(=O)NCCCC[C@H](NC(=O)C(C)(C)NC(=O)[C@H](Cc1ccc2ccccc2c1)NC(=O)[C@H](Cc1ccc(OCCN)cc1)NC(=O)[C@@H](NC(=O)[C@H](CCC(N)=O)NC(=O)[C@H](Cc1c[nH]c2ccccc12)NC(=O)[C@@H](NC(=O)[C@H](CCC(N)=O)NC(=O)[C@@H](NC(=O)[C@H](Cc1ccccc1)NC(C)=O)C(C)(C)S)[C@@H](C)O)C(C)(C)S)C(=O)N[C@@H](CC(N)=O)C(=O)N[C@@H](CC(N)=O)C(N)=O. The molecule has 6 rings (SSSR count). The molecule has 0 bridgehead atoms. The molecular formula is C90H123N21O21S2. The number of amides is 19. The Morgan fingerprint density at radius 1 is 0.418 bits per heavy atom. The first-order chi connectivity index (χ1) is 62.9. The number of carbonyl (C=O) groups excluding carboxylic acids is 19. The van der Waals surface area contributed by atoms with Crippen molar-refractivity contribution in [3.63, 3.8) is 0 Å². The van der Waals surface area contributed by atoms with E-state index < -0.39 is 245 Å². The molecule has 44 heteroatoms. The minimum Gasteiger partial charge on any atom is -0.492 e. The minimum atomic E-state index is -2.05. The second kappa shape index (κ2) is 51.3. The number of aromatic amines is 1. The molecule has 1 aromatic heterocycles. The van der Waals surface area contributed by atoms with Gasteiger partial charge in [-0.3, -0.25) is 91.1 Å².